The monoisotopic (exact) mass is 452 g/mol. The van der Waals surface area contributed by atoms with Crippen LogP contribution in [0.1, 0.15) is 21.9 Å². The van der Waals surface area contributed by atoms with E-state index in [1.54, 1.807) is 12.1 Å². The molecule has 0 atom stereocenters. The van der Waals surface area contributed by atoms with Crippen molar-refractivity contribution in [3.8, 4) is 11.3 Å². The minimum absolute atomic E-state index is 0.130. The Bertz CT molecular complexity index is 1140. The number of aryl methyl sites for hydroxylation is 1. The van der Waals surface area contributed by atoms with Gasteiger partial charge >= 0.3 is 0 Å². The van der Waals surface area contributed by atoms with Gasteiger partial charge in [-0.15, -0.1) is 11.3 Å². The van der Waals surface area contributed by atoms with E-state index >= 15 is 0 Å². The van der Waals surface area contributed by atoms with E-state index in [1.165, 1.54) is 11.3 Å². The quantitative estimate of drug-likeness (QED) is 0.347. The summed E-state index contributed by atoms with van der Waals surface area (Å²) in [4.78, 5) is 18.9. The molecule has 0 aliphatic carbocycles. The lowest BCUT2D eigenvalue weighted by atomic mass is 9.90. The summed E-state index contributed by atoms with van der Waals surface area (Å²) in [5, 5.41) is 4.63. The molecule has 0 unspecified atom stereocenters. The molecular weight excluding hydrogens is 435 g/mol. The first-order valence-electron chi connectivity index (χ1n) is 9.36. The molecule has 3 nitrogen and oxygen atoms in total. The largest absolute Gasteiger partial charge is 0.301 e. The van der Waals surface area contributed by atoms with E-state index in [9.17, 15) is 4.79 Å². The second-order valence-electron chi connectivity index (χ2n) is 6.79. The van der Waals surface area contributed by atoms with Gasteiger partial charge in [0.2, 0.25) is 5.91 Å². The van der Waals surface area contributed by atoms with Crippen molar-refractivity contribution in [1.29, 1.82) is 0 Å². The van der Waals surface area contributed by atoms with Gasteiger partial charge < -0.3 is 5.32 Å². The number of thiazole rings is 1. The topological polar surface area (TPSA) is 42.0 Å². The van der Waals surface area contributed by atoms with E-state index in [4.69, 9.17) is 23.2 Å². The van der Waals surface area contributed by atoms with Crippen molar-refractivity contribution in [3.63, 3.8) is 0 Å². The Balaban J connectivity index is 1.65. The second kappa shape index (κ2) is 9.00. The Kier molecular flexibility index (Phi) is 6.18. The summed E-state index contributed by atoms with van der Waals surface area (Å²) >= 11 is 13.8. The number of halogens is 2. The van der Waals surface area contributed by atoms with Gasteiger partial charge in [0.15, 0.2) is 5.13 Å². The normalized spacial score (nSPS) is 10.9. The maximum absolute atomic E-state index is 13.3. The zero-order chi connectivity index (χ0) is 21.1. The number of amides is 1. The van der Waals surface area contributed by atoms with Crippen molar-refractivity contribution in [3.05, 3.63) is 105 Å². The molecule has 4 rings (SSSR count). The first kappa shape index (κ1) is 20.6. The SMILES string of the molecule is Cc1sc(NC(=O)C(c2ccccc2)c2ccccc2)nc1-c1ccc(Cl)cc1Cl. The van der Waals surface area contributed by atoms with Crippen LogP contribution in [0, 0.1) is 6.92 Å². The highest BCUT2D eigenvalue weighted by Gasteiger charge is 2.24. The molecule has 4 aromatic rings. The van der Waals surface area contributed by atoms with Gasteiger partial charge in [0.05, 0.1) is 16.6 Å². The van der Waals surface area contributed by atoms with Gasteiger partial charge in [0.25, 0.3) is 0 Å². The number of hydrogen-bond donors (Lipinski definition) is 1. The number of rotatable bonds is 5. The van der Waals surface area contributed by atoms with Gasteiger partial charge in [-0.3, -0.25) is 4.79 Å². The van der Waals surface area contributed by atoms with Gasteiger partial charge in [-0.2, -0.15) is 0 Å². The van der Waals surface area contributed by atoms with E-state index < -0.39 is 5.92 Å². The molecule has 3 aromatic carbocycles. The molecule has 1 amide bonds. The van der Waals surface area contributed by atoms with Gasteiger partial charge in [-0.1, -0.05) is 83.9 Å². The highest BCUT2D eigenvalue weighted by Crippen LogP contribution is 2.36. The van der Waals surface area contributed by atoms with Gasteiger partial charge in [-0.25, -0.2) is 4.98 Å². The molecule has 0 saturated carbocycles. The minimum Gasteiger partial charge on any atom is -0.301 e. The first-order chi connectivity index (χ1) is 14.5. The lowest BCUT2D eigenvalue weighted by Gasteiger charge is -2.17. The smallest absolute Gasteiger partial charge is 0.238 e. The van der Waals surface area contributed by atoms with Crippen molar-refractivity contribution in [2.75, 3.05) is 5.32 Å². The Hall–Kier alpha value is -2.66. The minimum atomic E-state index is -0.431. The van der Waals surface area contributed by atoms with Gasteiger partial charge in [0.1, 0.15) is 0 Å². The number of carbonyl (C=O) groups is 1. The van der Waals surface area contributed by atoms with E-state index in [-0.39, 0.29) is 5.91 Å². The predicted octanol–water partition coefficient (Wildman–Crippen LogP) is 7.20. The van der Waals surface area contributed by atoms with Crippen molar-refractivity contribution in [2.24, 2.45) is 0 Å². The van der Waals surface area contributed by atoms with E-state index in [0.717, 1.165) is 27.3 Å². The van der Waals surface area contributed by atoms with Crippen LogP contribution in [-0.4, -0.2) is 10.9 Å². The summed E-state index contributed by atoms with van der Waals surface area (Å²) in [5.41, 5.74) is 3.39. The summed E-state index contributed by atoms with van der Waals surface area (Å²) in [5.74, 6) is -0.561. The van der Waals surface area contributed by atoms with Crippen LogP contribution in [0.25, 0.3) is 11.3 Å². The van der Waals surface area contributed by atoms with Crippen LogP contribution >= 0.6 is 34.5 Å². The third kappa shape index (κ3) is 4.41. The van der Waals surface area contributed by atoms with Gasteiger partial charge in [-0.05, 0) is 36.2 Å². The molecule has 1 N–H and O–H groups in total. The van der Waals surface area contributed by atoms with E-state index in [0.29, 0.717) is 15.2 Å². The lowest BCUT2D eigenvalue weighted by molar-refractivity contribution is -0.116. The first-order valence-corrected chi connectivity index (χ1v) is 10.9. The summed E-state index contributed by atoms with van der Waals surface area (Å²) < 4.78 is 0. The molecule has 1 heterocycles. The van der Waals surface area contributed by atoms with Crippen molar-refractivity contribution in [2.45, 2.75) is 12.8 Å². The molecule has 0 spiro atoms. The second-order valence-corrected chi connectivity index (χ2v) is 8.84. The predicted molar refractivity (Wildman–Crippen MR) is 126 cm³/mol. The van der Waals surface area contributed by atoms with E-state index in [1.807, 2.05) is 73.7 Å². The maximum atomic E-state index is 13.3. The third-order valence-electron chi connectivity index (χ3n) is 4.74. The standard InChI is InChI=1S/C24H18Cl2N2OS/c1-15-22(19-13-12-18(25)14-20(19)26)27-24(30-15)28-23(29)21(16-8-4-2-5-9-16)17-10-6-3-7-11-17/h2-14,21H,1H3,(H,27,28,29). The zero-order valence-electron chi connectivity index (χ0n) is 16.1. The fourth-order valence-electron chi connectivity index (χ4n) is 3.35. The molecule has 150 valence electrons. The Morgan fingerprint density at radius 2 is 1.53 bits per heavy atom. The molecule has 0 aliphatic heterocycles. The average Bonchev–Trinajstić information content (AvgIpc) is 3.09. The molecule has 0 fully saturated rings. The van der Waals surface area contributed by atoms with Crippen LogP contribution in [0.2, 0.25) is 10.0 Å². The van der Waals surface area contributed by atoms with Crippen LogP contribution < -0.4 is 5.32 Å². The maximum Gasteiger partial charge on any atom is 0.238 e. The molecule has 0 bridgehead atoms. The van der Waals surface area contributed by atoms with Crippen molar-refractivity contribution in [1.82, 2.24) is 4.98 Å². The Labute approximate surface area is 189 Å². The Morgan fingerprint density at radius 3 is 2.10 bits per heavy atom. The number of nitrogens with one attached hydrogen (secondary N) is 1. The fourth-order valence-corrected chi connectivity index (χ4v) is 4.67. The molecular formula is C24H18Cl2N2OS. The van der Waals surface area contributed by atoms with Crippen LogP contribution in [0.4, 0.5) is 5.13 Å². The highest BCUT2D eigenvalue weighted by atomic mass is 35.5. The summed E-state index contributed by atoms with van der Waals surface area (Å²) in [6.45, 7) is 1.96. The number of carbonyl (C=O) groups excluding carboxylic acids is 1. The van der Waals surface area contributed by atoms with Gasteiger partial charge in [0, 0.05) is 15.5 Å². The van der Waals surface area contributed by atoms with Crippen molar-refractivity contribution >= 4 is 45.6 Å². The van der Waals surface area contributed by atoms with E-state index in [2.05, 4.69) is 10.3 Å². The zero-order valence-corrected chi connectivity index (χ0v) is 18.4. The van der Waals surface area contributed by atoms with Crippen LogP contribution in [0.15, 0.2) is 78.9 Å². The average molecular weight is 453 g/mol. The molecule has 0 aliphatic rings. The van der Waals surface area contributed by atoms with Crippen LogP contribution in [0.3, 0.4) is 0 Å². The third-order valence-corrected chi connectivity index (χ3v) is 6.18. The summed E-state index contributed by atoms with van der Waals surface area (Å²) in [7, 11) is 0. The molecule has 0 radical (unpaired) electrons. The lowest BCUT2D eigenvalue weighted by Crippen LogP contribution is -2.22. The molecule has 30 heavy (non-hydrogen) atoms. The number of nitrogens with zero attached hydrogens (tertiary/aromatic N) is 1. The van der Waals surface area contributed by atoms with Crippen LogP contribution in [0.5, 0.6) is 0 Å². The fraction of sp³-hybridized carbons (Fsp3) is 0.0833. The van der Waals surface area contributed by atoms with Crippen LogP contribution in [-0.2, 0) is 4.79 Å². The summed E-state index contributed by atoms with van der Waals surface area (Å²) in [6, 6.07) is 24.8. The number of benzene rings is 3. The molecule has 1 aromatic heterocycles. The number of hydrogen-bond acceptors (Lipinski definition) is 3. The summed E-state index contributed by atoms with van der Waals surface area (Å²) in [6.07, 6.45) is 0. The molecule has 0 saturated heterocycles. The number of aromatic nitrogens is 1. The van der Waals surface area contributed by atoms with Crippen molar-refractivity contribution < 1.29 is 4.79 Å². The highest BCUT2D eigenvalue weighted by molar-refractivity contribution is 7.16. The number of anilines is 1. The Morgan fingerprint density at radius 1 is 0.933 bits per heavy atom. The molecule has 6 heteroatoms.